The number of carbonyl (C=O) groups excluding carboxylic acids is 1. The second-order valence-electron chi connectivity index (χ2n) is 7.91. The predicted molar refractivity (Wildman–Crippen MR) is 122 cm³/mol. The van der Waals surface area contributed by atoms with Gasteiger partial charge in [0.2, 0.25) is 0 Å². The third-order valence-corrected chi connectivity index (χ3v) is 5.45. The van der Waals surface area contributed by atoms with E-state index in [0.717, 1.165) is 5.69 Å². The molecule has 1 amide bonds. The number of pyridine rings is 2. The molecule has 0 atom stereocenters. The first-order valence-electron chi connectivity index (χ1n) is 10.6. The lowest BCUT2D eigenvalue weighted by Gasteiger charge is -2.09. The summed E-state index contributed by atoms with van der Waals surface area (Å²) in [7, 11) is 0. The maximum atomic E-state index is 14.1. The van der Waals surface area contributed by atoms with Gasteiger partial charge >= 0.3 is 0 Å². The van der Waals surface area contributed by atoms with Gasteiger partial charge in [-0.05, 0) is 31.2 Å². The number of amides is 1. The second-order valence-corrected chi connectivity index (χ2v) is 7.91. The molecule has 12 heteroatoms. The number of carbonyl (C=O) groups is 1. The van der Waals surface area contributed by atoms with Crippen LogP contribution >= 0.6 is 0 Å². The minimum absolute atomic E-state index is 0.138. The summed E-state index contributed by atoms with van der Waals surface area (Å²) in [6.07, 6.45) is 4.55. The van der Waals surface area contributed by atoms with E-state index in [2.05, 4.69) is 20.3 Å². The molecule has 0 radical (unpaired) electrons. The maximum Gasteiger partial charge on any atom is 0.267 e. The van der Waals surface area contributed by atoms with Gasteiger partial charge in [0.1, 0.15) is 22.7 Å². The minimum Gasteiger partial charge on any atom is -0.374 e. The molecule has 4 aromatic heterocycles. The van der Waals surface area contributed by atoms with Crippen molar-refractivity contribution in [3.8, 4) is 17.2 Å². The molecule has 3 N–H and O–H groups in total. The van der Waals surface area contributed by atoms with Gasteiger partial charge in [-0.25, -0.2) is 32.5 Å². The largest absolute Gasteiger partial charge is 0.374 e. The molecule has 0 aliphatic carbocycles. The molecule has 5 aromatic rings. The number of aromatic nitrogens is 5. The van der Waals surface area contributed by atoms with Crippen molar-refractivity contribution in [1.29, 1.82) is 0 Å². The number of primary amides is 1. The molecule has 0 aliphatic rings. The quantitative estimate of drug-likeness (QED) is 0.272. The van der Waals surface area contributed by atoms with E-state index in [1.54, 1.807) is 54.2 Å². The summed E-state index contributed by atoms with van der Waals surface area (Å²) in [4.78, 5) is 25.0. The van der Waals surface area contributed by atoms with Crippen LogP contribution in [0.2, 0.25) is 0 Å². The van der Waals surface area contributed by atoms with Crippen LogP contribution < -0.4 is 11.1 Å². The highest BCUT2D eigenvalue weighted by atomic mass is 19.2. The normalized spacial score (nSPS) is 11.2. The number of fused-ring (bicyclic) bond motifs is 1. The molecule has 0 unspecified atom stereocenters. The first-order valence-corrected chi connectivity index (χ1v) is 10.6. The smallest absolute Gasteiger partial charge is 0.267 e. The Morgan fingerprint density at radius 2 is 1.78 bits per heavy atom. The van der Waals surface area contributed by atoms with Crippen LogP contribution in [-0.4, -0.2) is 29.8 Å². The molecule has 0 saturated heterocycles. The first-order chi connectivity index (χ1) is 17.2. The second kappa shape index (κ2) is 8.80. The van der Waals surface area contributed by atoms with E-state index < -0.39 is 34.9 Å². The van der Waals surface area contributed by atoms with Gasteiger partial charge < -0.3 is 11.1 Å². The van der Waals surface area contributed by atoms with E-state index in [4.69, 9.17) is 5.73 Å². The Morgan fingerprint density at radius 1 is 1.03 bits per heavy atom. The summed E-state index contributed by atoms with van der Waals surface area (Å²) in [6, 6.07) is 8.87. The fraction of sp³-hybridized carbons (Fsp3) is 0.0833. The minimum atomic E-state index is -1.54. The average Bonchev–Trinajstić information content (AvgIpc) is 3.47. The Balaban J connectivity index is 1.59. The number of aryl methyl sites for hydroxylation is 1. The number of hydrogen-bond donors (Lipinski definition) is 2. The summed E-state index contributed by atoms with van der Waals surface area (Å²) in [5.74, 6) is -6.42. The zero-order valence-corrected chi connectivity index (χ0v) is 18.6. The number of halogens is 4. The Hall–Kier alpha value is -4.74. The highest BCUT2D eigenvalue weighted by molar-refractivity contribution is 5.91. The van der Waals surface area contributed by atoms with Crippen molar-refractivity contribution in [3.63, 3.8) is 0 Å². The molecule has 0 saturated carbocycles. The lowest BCUT2D eigenvalue weighted by molar-refractivity contribution is 0.0994. The molecular formula is C24H17F4N7O. The number of hydrogen-bond acceptors (Lipinski definition) is 5. The molecular weight excluding hydrogens is 478 g/mol. The van der Waals surface area contributed by atoms with Gasteiger partial charge in [0.05, 0.1) is 24.1 Å². The number of rotatable bonds is 6. The number of nitrogens with zero attached hydrogens (tertiary/aromatic N) is 5. The number of anilines is 1. The summed E-state index contributed by atoms with van der Waals surface area (Å²) in [5, 5.41) is 2.38. The third-order valence-electron chi connectivity index (χ3n) is 5.45. The molecule has 0 spiro atoms. The van der Waals surface area contributed by atoms with Gasteiger partial charge in [-0.3, -0.25) is 13.8 Å². The van der Waals surface area contributed by atoms with Gasteiger partial charge in [0.25, 0.3) is 5.91 Å². The lowest BCUT2D eigenvalue weighted by atomic mass is 10.2. The van der Waals surface area contributed by atoms with Gasteiger partial charge in [0.15, 0.2) is 29.1 Å². The molecule has 0 aliphatic heterocycles. The Morgan fingerprint density at radius 3 is 2.47 bits per heavy atom. The third kappa shape index (κ3) is 4.02. The van der Waals surface area contributed by atoms with Gasteiger partial charge in [-0.15, -0.1) is 0 Å². The van der Waals surface area contributed by atoms with Crippen LogP contribution in [-0.2, 0) is 6.54 Å². The van der Waals surface area contributed by atoms with Gasteiger partial charge in [0, 0.05) is 24.2 Å². The summed E-state index contributed by atoms with van der Waals surface area (Å²) in [5.41, 5.74) is 7.22. The van der Waals surface area contributed by atoms with Crippen molar-refractivity contribution in [3.05, 3.63) is 95.3 Å². The average molecular weight is 495 g/mol. The Kier molecular flexibility index (Phi) is 5.63. The monoisotopic (exact) mass is 495 g/mol. The number of imidazole rings is 2. The van der Waals surface area contributed by atoms with Crippen molar-refractivity contribution in [2.45, 2.75) is 13.5 Å². The van der Waals surface area contributed by atoms with Crippen molar-refractivity contribution in [2.24, 2.45) is 5.73 Å². The van der Waals surface area contributed by atoms with Crippen LogP contribution in [0.25, 0.3) is 22.9 Å². The van der Waals surface area contributed by atoms with Crippen molar-refractivity contribution >= 4 is 17.2 Å². The van der Waals surface area contributed by atoms with Crippen molar-refractivity contribution in [1.82, 2.24) is 23.9 Å². The molecule has 8 nitrogen and oxygen atoms in total. The summed E-state index contributed by atoms with van der Waals surface area (Å²) < 4.78 is 58.6. The molecule has 182 valence electrons. The first kappa shape index (κ1) is 23.0. The van der Waals surface area contributed by atoms with E-state index >= 15 is 0 Å². The van der Waals surface area contributed by atoms with Crippen LogP contribution in [0.15, 0.2) is 55.0 Å². The molecule has 1 aromatic carbocycles. The standard InChI is InChI=1S/C24H17F4N7O/c1-12-3-2-4-17(32-12)24-33-13(8-31-22-20(27)15(25)7-16(26)21(22)28)10-34(24)14-5-6-19-30-9-18(23(29)36)35(19)11-14/h2-7,9-11,31H,8H2,1H3,(H2,29,36). The molecule has 0 fully saturated rings. The lowest BCUT2D eigenvalue weighted by Crippen LogP contribution is -2.13. The maximum absolute atomic E-state index is 14.1. The fourth-order valence-electron chi connectivity index (χ4n) is 3.76. The molecule has 4 heterocycles. The Labute approximate surface area is 201 Å². The van der Waals surface area contributed by atoms with Crippen LogP contribution in [0.3, 0.4) is 0 Å². The van der Waals surface area contributed by atoms with E-state index in [1.165, 1.54) is 10.6 Å². The molecule has 0 bridgehead atoms. The molecule has 36 heavy (non-hydrogen) atoms. The van der Waals surface area contributed by atoms with Crippen molar-refractivity contribution in [2.75, 3.05) is 5.32 Å². The number of nitrogens with one attached hydrogen (secondary N) is 1. The Bertz CT molecular complexity index is 1620. The summed E-state index contributed by atoms with van der Waals surface area (Å²) >= 11 is 0. The van der Waals surface area contributed by atoms with E-state index in [9.17, 15) is 22.4 Å². The highest BCUT2D eigenvalue weighted by Gasteiger charge is 2.20. The van der Waals surface area contributed by atoms with Gasteiger partial charge in [-0.2, -0.15) is 0 Å². The van der Waals surface area contributed by atoms with Crippen LogP contribution in [0.1, 0.15) is 21.9 Å². The topological polar surface area (TPSA) is 103 Å². The summed E-state index contributed by atoms with van der Waals surface area (Å²) in [6.45, 7) is 1.54. The molecule has 5 rings (SSSR count). The predicted octanol–water partition coefficient (Wildman–Crippen LogP) is 4.16. The van der Waals surface area contributed by atoms with Crippen LogP contribution in [0, 0.1) is 30.2 Å². The van der Waals surface area contributed by atoms with Crippen LogP contribution in [0.4, 0.5) is 23.2 Å². The number of benzene rings is 1. The fourth-order valence-corrected chi connectivity index (χ4v) is 3.76. The van der Waals surface area contributed by atoms with E-state index in [1.807, 2.05) is 0 Å². The van der Waals surface area contributed by atoms with E-state index in [-0.39, 0.29) is 24.0 Å². The van der Waals surface area contributed by atoms with Gasteiger partial charge in [-0.1, -0.05) is 6.07 Å². The number of nitrogens with two attached hydrogens (primary N) is 1. The SMILES string of the molecule is Cc1cccc(-c2nc(CNc3c(F)c(F)cc(F)c3F)cn2-c2ccc3ncc(C(N)=O)n3c2)n1. The van der Waals surface area contributed by atoms with Crippen LogP contribution in [0.5, 0.6) is 0 Å². The van der Waals surface area contributed by atoms with E-state index in [0.29, 0.717) is 22.9 Å². The highest BCUT2D eigenvalue weighted by Crippen LogP contribution is 2.26. The zero-order valence-electron chi connectivity index (χ0n) is 18.6. The zero-order chi connectivity index (χ0) is 25.6. The van der Waals surface area contributed by atoms with Crippen molar-refractivity contribution < 1.29 is 22.4 Å².